The average molecular weight is 349 g/mol. The smallest absolute Gasteiger partial charge is 0.125 e. The van der Waals surface area contributed by atoms with E-state index in [4.69, 9.17) is 0 Å². The third kappa shape index (κ3) is 2.80. The Morgan fingerprint density at radius 2 is 2.06 bits per heavy atom. The SMILES string of the molecule is Br.CCCc1cc(Br)c2ccc(F)cc2n1. The summed E-state index contributed by atoms with van der Waals surface area (Å²) in [6.45, 7) is 2.10. The van der Waals surface area contributed by atoms with Crippen molar-refractivity contribution in [2.24, 2.45) is 0 Å². The van der Waals surface area contributed by atoms with Crippen molar-refractivity contribution in [1.29, 1.82) is 0 Å². The first-order chi connectivity index (χ1) is 7.20. The number of benzene rings is 1. The zero-order chi connectivity index (χ0) is 10.8. The Balaban J connectivity index is 0.00000128. The van der Waals surface area contributed by atoms with Gasteiger partial charge in [-0.3, -0.25) is 4.98 Å². The molecule has 86 valence electrons. The van der Waals surface area contributed by atoms with Crippen molar-refractivity contribution in [3.8, 4) is 0 Å². The van der Waals surface area contributed by atoms with Crippen LogP contribution in [0.2, 0.25) is 0 Å². The Labute approximate surface area is 113 Å². The lowest BCUT2D eigenvalue weighted by Crippen LogP contribution is -1.91. The fourth-order valence-electron chi connectivity index (χ4n) is 1.59. The first kappa shape index (κ1) is 13.6. The average Bonchev–Trinajstić information content (AvgIpc) is 2.17. The Morgan fingerprint density at radius 1 is 1.31 bits per heavy atom. The van der Waals surface area contributed by atoms with Crippen LogP contribution in [-0.4, -0.2) is 4.98 Å². The Hall–Kier alpha value is -0.480. The molecule has 1 aromatic heterocycles. The predicted octanol–water partition coefficient (Wildman–Crippen LogP) is 4.67. The van der Waals surface area contributed by atoms with E-state index in [0.29, 0.717) is 5.52 Å². The van der Waals surface area contributed by atoms with Gasteiger partial charge in [0.1, 0.15) is 5.82 Å². The zero-order valence-electron chi connectivity index (χ0n) is 8.84. The molecule has 0 aliphatic carbocycles. The van der Waals surface area contributed by atoms with Gasteiger partial charge in [-0.25, -0.2) is 4.39 Å². The van der Waals surface area contributed by atoms with Crippen LogP contribution in [0.3, 0.4) is 0 Å². The number of aryl methyl sites for hydroxylation is 1. The van der Waals surface area contributed by atoms with E-state index >= 15 is 0 Å². The number of rotatable bonds is 2. The highest BCUT2D eigenvalue weighted by Gasteiger charge is 2.04. The maximum absolute atomic E-state index is 13.0. The lowest BCUT2D eigenvalue weighted by atomic mass is 10.1. The minimum Gasteiger partial charge on any atom is -0.253 e. The number of aromatic nitrogens is 1. The van der Waals surface area contributed by atoms with Crippen molar-refractivity contribution in [2.45, 2.75) is 19.8 Å². The highest BCUT2D eigenvalue weighted by atomic mass is 79.9. The molecular weight excluding hydrogens is 337 g/mol. The summed E-state index contributed by atoms with van der Waals surface area (Å²) in [5.41, 5.74) is 1.72. The third-order valence-electron chi connectivity index (χ3n) is 2.28. The van der Waals surface area contributed by atoms with Crippen LogP contribution >= 0.6 is 32.9 Å². The number of fused-ring (bicyclic) bond motifs is 1. The summed E-state index contributed by atoms with van der Waals surface area (Å²) >= 11 is 3.48. The molecule has 0 amide bonds. The molecule has 0 saturated carbocycles. The molecule has 2 aromatic rings. The van der Waals surface area contributed by atoms with Gasteiger partial charge in [0, 0.05) is 21.6 Å². The van der Waals surface area contributed by atoms with Gasteiger partial charge in [0.25, 0.3) is 0 Å². The maximum atomic E-state index is 13.0. The molecule has 0 aliphatic rings. The fourth-order valence-corrected chi connectivity index (χ4v) is 2.19. The molecular formula is C12H12Br2FN. The number of nitrogens with zero attached hydrogens (tertiary/aromatic N) is 1. The first-order valence-electron chi connectivity index (χ1n) is 4.95. The summed E-state index contributed by atoms with van der Waals surface area (Å²) in [7, 11) is 0. The van der Waals surface area contributed by atoms with Crippen LogP contribution in [0.4, 0.5) is 4.39 Å². The molecule has 0 saturated heterocycles. The zero-order valence-corrected chi connectivity index (χ0v) is 12.1. The first-order valence-corrected chi connectivity index (χ1v) is 5.74. The normalized spacial score (nSPS) is 10.2. The quantitative estimate of drug-likeness (QED) is 0.768. The molecule has 1 aromatic carbocycles. The highest BCUT2D eigenvalue weighted by molar-refractivity contribution is 9.10. The number of hydrogen-bond donors (Lipinski definition) is 0. The topological polar surface area (TPSA) is 12.9 Å². The highest BCUT2D eigenvalue weighted by Crippen LogP contribution is 2.24. The van der Waals surface area contributed by atoms with E-state index < -0.39 is 0 Å². The fraction of sp³-hybridized carbons (Fsp3) is 0.250. The lowest BCUT2D eigenvalue weighted by Gasteiger charge is -2.04. The molecule has 0 atom stereocenters. The van der Waals surface area contributed by atoms with E-state index in [0.717, 1.165) is 28.4 Å². The Kier molecular flexibility index (Phi) is 4.87. The van der Waals surface area contributed by atoms with Gasteiger partial charge in [-0.05, 0) is 24.6 Å². The summed E-state index contributed by atoms with van der Waals surface area (Å²) in [5.74, 6) is -0.240. The molecule has 0 spiro atoms. The van der Waals surface area contributed by atoms with Crippen molar-refractivity contribution in [1.82, 2.24) is 4.98 Å². The summed E-state index contributed by atoms with van der Waals surface area (Å²) in [4.78, 5) is 4.42. The van der Waals surface area contributed by atoms with Crippen molar-refractivity contribution in [3.63, 3.8) is 0 Å². The van der Waals surface area contributed by atoms with E-state index in [1.54, 1.807) is 6.07 Å². The largest absolute Gasteiger partial charge is 0.253 e. The van der Waals surface area contributed by atoms with Crippen molar-refractivity contribution < 1.29 is 4.39 Å². The maximum Gasteiger partial charge on any atom is 0.125 e. The van der Waals surface area contributed by atoms with Crippen LogP contribution < -0.4 is 0 Å². The lowest BCUT2D eigenvalue weighted by molar-refractivity contribution is 0.629. The Morgan fingerprint density at radius 3 is 2.75 bits per heavy atom. The summed E-state index contributed by atoms with van der Waals surface area (Å²) in [6.07, 6.45) is 1.96. The molecule has 0 aliphatic heterocycles. The van der Waals surface area contributed by atoms with Crippen LogP contribution in [0.15, 0.2) is 28.7 Å². The van der Waals surface area contributed by atoms with E-state index in [1.807, 2.05) is 6.07 Å². The summed E-state index contributed by atoms with van der Waals surface area (Å²) < 4.78 is 14.0. The van der Waals surface area contributed by atoms with E-state index in [1.165, 1.54) is 12.1 Å². The Bertz CT molecular complexity index is 500. The molecule has 0 fully saturated rings. The summed E-state index contributed by atoms with van der Waals surface area (Å²) in [6, 6.07) is 6.68. The van der Waals surface area contributed by atoms with Crippen LogP contribution in [-0.2, 0) is 6.42 Å². The molecule has 16 heavy (non-hydrogen) atoms. The standard InChI is InChI=1S/C12H11BrFN.BrH/c1-2-3-9-7-11(13)10-5-4-8(14)6-12(10)15-9;/h4-7H,2-3H2,1H3;1H. The van der Waals surface area contributed by atoms with Gasteiger partial charge in [-0.15, -0.1) is 17.0 Å². The number of pyridine rings is 1. The minimum absolute atomic E-state index is 0. The van der Waals surface area contributed by atoms with Crippen LogP contribution in [0, 0.1) is 5.82 Å². The van der Waals surface area contributed by atoms with Crippen molar-refractivity contribution in [3.05, 3.63) is 40.2 Å². The van der Waals surface area contributed by atoms with E-state index in [9.17, 15) is 4.39 Å². The predicted molar refractivity (Wildman–Crippen MR) is 73.7 cm³/mol. The van der Waals surface area contributed by atoms with Gasteiger partial charge in [0.05, 0.1) is 5.52 Å². The van der Waals surface area contributed by atoms with Gasteiger partial charge in [0.15, 0.2) is 0 Å². The molecule has 4 heteroatoms. The second-order valence-corrected chi connectivity index (χ2v) is 4.36. The van der Waals surface area contributed by atoms with Crippen molar-refractivity contribution >= 4 is 43.8 Å². The molecule has 1 nitrogen and oxygen atoms in total. The van der Waals surface area contributed by atoms with Gasteiger partial charge in [-0.1, -0.05) is 29.3 Å². The van der Waals surface area contributed by atoms with Crippen LogP contribution in [0.1, 0.15) is 19.0 Å². The van der Waals surface area contributed by atoms with Crippen LogP contribution in [0.25, 0.3) is 10.9 Å². The second-order valence-electron chi connectivity index (χ2n) is 3.51. The minimum atomic E-state index is -0.240. The molecule has 0 radical (unpaired) electrons. The van der Waals surface area contributed by atoms with E-state index in [-0.39, 0.29) is 22.8 Å². The molecule has 1 heterocycles. The number of halogens is 3. The molecule has 0 N–H and O–H groups in total. The van der Waals surface area contributed by atoms with Crippen LogP contribution in [0.5, 0.6) is 0 Å². The third-order valence-corrected chi connectivity index (χ3v) is 2.94. The molecule has 2 rings (SSSR count). The van der Waals surface area contributed by atoms with E-state index in [2.05, 4.69) is 27.8 Å². The van der Waals surface area contributed by atoms with Crippen molar-refractivity contribution in [2.75, 3.05) is 0 Å². The van der Waals surface area contributed by atoms with Gasteiger partial charge in [0.2, 0.25) is 0 Å². The monoisotopic (exact) mass is 347 g/mol. The van der Waals surface area contributed by atoms with Gasteiger partial charge in [-0.2, -0.15) is 0 Å². The second kappa shape index (κ2) is 5.73. The molecule has 0 bridgehead atoms. The number of hydrogen-bond acceptors (Lipinski definition) is 1. The van der Waals surface area contributed by atoms with Gasteiger partial charge < -0.3 is 0 Å². The summed E-state index contributed by atoms with van der Waals surface area (Å²) in [5, 5.41) is 0.955. The van der Waals surface area contributed by atoms with Gasteiger partial charge >= 0.3 is 0 Å². The molecule has 0 unspecified atom stereocenters.